The van der Waals surface area contributed by atoms with E-state index in [4.69, 9.17) is 14.5 Å². The molecule has 4 heterocycles. The van der Waals surface area contributed by atoms with Crippen molar-refractivity contribution in [3.8, 4) is 27.9 Å². The zero-order chi connectivity index (χ0) is 19.1. The van der Waals surface area contributed by atoms with Gasteiger partial charge in [0.25, 0.3) is 0 Å². The van der Waals surface area contributed by atoms with Gasteiger partial charge < -0.3 is 14.4 Å². The van der Waals surface area contributed by atoms with Crippen LogP contribution in [0.4, 0.5) is 11.5 Å². The lowest BCUT2D eigenvalue weighted by Gasteiger charge is -2.22. The predicted molar refractivity (Wildman–Crippen MR) is 108 cm³/mol. The van der Waals surface area contributed by atoms with Crippen LogP contribution in [0.15, 0.2) is 54.3 Å². The van der Waals surface area contributed by atoms with Crippen molar-refractivity contribution < 1.29 is 9.47 Å². The lowest BCUT2D eigenvalue weighted by molar-refractivity contribution is 0.174. The largest absolute Gasteiger partial charge is 0.454 e. The molecule has 0 saturated carbocycles. The van der Waals surface area contributed by atoms with Gasteiger partial charge in [0.1, 0.15) is 11.6 Å². The number of fused-ring (bicyclic) bond motifs is 1. The molecule has 0 fully saturated rings. The van der Waals surface area contributed by atoms with Crippen LogP contribution in [0.3, 0.4) is 0 Å². The highest BCUT2D eigenvalue weighted by molar-refractivity contribution is 7.13. The number of imidazole rings is 1. The number of hydrogen-bond donors (Lipinski definition) is 0. The van der Waals surface area contributed by atoms with Crippen LogP contribution in [-0.4, -0.2) is 33.4 Å². The third-order valence-electron chi connectivity index (χ3n) is 4.64. The molecular formula is C20H17N5O2S. The average molecular weight is 391 g/mol. The maximum absolute atomic E-state index is 5.53. The van der Waals surface area contributed by atoms with Gasteiger partial charge in [-0.1, -0.05) is 6.07 Å². The molecule has 1 aromatic carbocycles. The van der Waals surface area contributed by atoms with E-state index in [0.29, 0.717) is 5.95 Å². The van der Waals surface area contributed by atoms with E-state index in [9.17, 15) is 0 Å². The second kappa shape index (κ2) is 6.65. The second-order valence-corrected chi connectivity index (χ2v) is 7.27. The van der Waals surface area contributed by atoms with Gasteiger partial charge in [0.15, 0.2) is 11.5 Å². The highest BCUT2D eigenvalue weighted by atomic mass is 32.1. The third kappa shape index (κ3) is 2.78. The zero-order valence-electron chi connectivity index (χ0n) is 15.4. The molecule has 1 aliphatic rings. The van der Waals surface area contributed by atoms with E-state index in [-0.39, 0.29) is 6.79 Å². The smallest absolute Gasteiger partial charge is 0.237 e. The van der Waals surface area contributed by atoms with Gasteiger partial charge in [0.05, 0.1) is 5.56 Å². The van der Waals surface area contributed by atoms with Crippen LogP contribution in [0.25, 0.3) is 16.4 Å². The van der Waals surface area contributed by atoms with Crippen molar-refractivity contribution in [1.82, 2.24) is 19.5 Å². The topological polar surface area (TPSA) is 65.3 Å². The fourth-order valence-corrected chi connectivity index (χ4v) is 3.88. The number of aryl methyl sites for hydroxylation is 1. The minimum Gasteiger partial charge on any atom is -0.454 e. The summed E-state index contributed by atoms with van der Waals surface area (Å²) >= 11 is 1.66. The normalized spacial score (nSPS) is 12.4. The molecule has 0 radical (unpaired) electrons. The van der Waals surface area contributed by atoms with Crippen LogP contribution >= 0.6 is 11.3 Å². The summed E-state index contributed by atoms with van der Waals surface area (Å²) in [5, 5.41) is 2.05. The fourth-order valence-electron chi connectivity index (χ4n) is 3.15. The van der Waals surface area contributed by atoms with Gasteiger partial charge in [0.2, 0.25) is 12.7 Å². The first-order chi connectivity index (χ1) is 13.7. The number of hydrogen-bond acceptors (Lipinski definition) is 7. The van der Waals surface area contributed by atoms with Crippen molar-refractivity contribution in [2.24, 2.45) is 0 Å². The van der Waals surface area contributed by atoms with Gasteiger partial charge in [0, 0.05) is 42.3 Å². The van der Waals surface area contributed by atoms with Gasteiger partial charge in [-0.15, -0.1) is 11.3 Å². The molecule has 0 aliphatic carbocycles. The molecule has 3 aromatic heterocycles. The molecule has 0 spiro atoms. The van der Waals surface area contributed by atoms with Gasteiger partial charge >= 0.3 is 0 Å². The highest BCUT2D eigenvalue weighted by Crippen LogP contribution is 2.39. The molecule has 1 aliphatic heterocycles. The molecule has 0 bridgehead atoms. The first-order valence-corrected chi connectivity index (χ1v) is 9.63. The second-order valence-electron chi connectivity index (χ2n) is 6.33. The SMILES string of the molecule is Cc1nccn1-c1ncc(-c2cccs2)c(N(C)c2ccc3c(c2)OCO3)n1. The molecule has 4 aromatic rings. The highest BCUT2D eigenvalue weighted by Gasteiger charge is 2.20. The van der Waals surface area contributed by atoms with E-state index in [1.165, 1.54) is 0 Å². The Hall–Kier alpha value is -3.39. The van der Waals surface area contributed by atoms with Crippen LogP contribution in [0.2, 0.25) is 0 Å². The summed E-state index contributed by atoms with van der Waals surface area (Å²) in [4.78, 5) is 16.9. The lowest BCUT2D eigenvalue weighted by Crippen LogP contribution is -2.15. The molecule has 0 saturated heterocycles. The Balaban J connectivity index is 1.64. The van der Waals surface area contributed by atoms with E-state index in [1.807, 2.05) is 65.5 Å². The maximum atomic E-state index is 5.53. The number of rotatable bonds is 4. The summed E-state index contributed by atoms with van der Waals surface area (Å²) in [6.45, 7) is 2.18. The van der Waals surface area contributed by atoms with E-state index >= 15 is 0 Å². The summed E-state index contributed by atoms with van der Waals surface area (Å²) in [7, 11) is 1.99. The van der Waals surface area contributed by atoms with Gasteiger partial charge in [-0.25, -0.2) is 9.97 Å². The van der Waals surface area contributed by atoms with E-state index in [1.54, 1.807) is 17.5 Å². The van der Waals surface area contributed by atoms with Gasteiger partial charge in [-0.2, -0.15) is 4.98 Å². The molecule has 8 heteroatoms. The molecular weight excluding hydrogens is 374 g/mol. The van der Waals surface area contributed by atoms with Gasteiger partial charge in [-0.05, 0) is 30.5 Å². The van der Waals surface area contributed by atoms with Crippen molar-refractivity contribution in [3.63, 3.8) is 0 Å². The Labute approximate surface area is 165 Å². The molecule has 0 amide bonds. The van der Waals surface area contributed by atoms with Crippen LogP contribution < -0.4 is 14.4 Å². The van der Waals surface area contributed by atoms with Crippen molar-refractivity contribution in [3.05, 3.63) is 60.1 Å². The number of nitrogens with zero attached hydrogens (tertiary/aromatic N) is 5. The first-order valence-electron chi connectivity index (χ1n) is 8.75. The van der Waals surface area contributed by atoms with E-state index < -0.39 is 0 Å². The number of ether oxygens (including phenoxy) is 2. The third-order valence-corrected chi connectivity index (χ3v) is 5.55. The first kappa shape index (κ1) is 16.8. The molecule has 0 atom stereocenters. The monoisotopic (exact) mass is 391 g/mol. The van der Waals surface area contributed by atoms with E-state index in [0.717, 1.165) is 39.3 Å². The summed E-state index contributed by atoms with van der Waals surface area (Å²) in [5.41, 5.74) is 1.92. The Morgan fingerprint density at radius 3 is 2.82 bits per heavy atom. The summed E-state index contributed by atoms with van der Waals surface area (Å²) in [6, 6.07) is 9.97. The zero-order valence-corrected chi connectivity index (χ0v) is 16.2. The predicted octanol–water partition coefficient (Wildman–Crippen LogP) is 4.20. The summed E-state index contributed by atoms with van der Waals surface area (Å²) in [5.74, 6) is 3.72. The fraction of sp³-hybridized carbons (Fsp3) is 0.150. The molecule has 7 nitrogen and oxygen atoms in total. The molecule has 0 unspecified atom stereocenters. The number of thiophene rings is 1. The van der Waals surface area contributed by atoms with Crippen LogP contribution in [0.5, 0.6) is 11.5 Å². The number of benzene rings is 1. The van der Waals surface area contributed by atoms with Crippen molar-refractivity contribution in [1.29, 1.82) is 0 Å². The molecule has 140 valence electrons. The maximum Gasteiger partial charge on any atom is 0.237 e. The Bertz CT molecular complexity index is 1140. The van der Waals surface area contributed by atoms with Crippen molar-refractivity contribution >= 4 is 22.8 Å². The summed E-state index contributed by atoms with van der Waals surface area (Å²) in [6.07, 6.45) is 5.47. The van der Waals surface area contributed by atoms with Crippen molar-refractivity contribution in [2.75, 3.05) is 18.7 Å². The minimum atomic E-state index is 0.251. The standard InChI is InChI=1S/C20H17N5O2S/c1-13-21-7-8-25(13)20-22-11-15(18-4-3-9-28-18)19(23-20)24(2)14-5-6-16-17(10-14)27-12-26-16/h3-11H,12H2,1-2H3. The van der Waals surface area contributed by atoms with Gasteiger partial charge in [-0.3, -0.25) is 4.57 Å². The van der Waals surface area contributed by atoms with E-state index in [2.05, 4.69) is 16.0 Å². The Morgan fingerprint density at radius 1 is 1.14 bits per heavy atom. The number of anilines is 2. The molecule has 28 heavy (non-hydrogen) atoms. The minimum absolute atomic E-state index is 0.251. The molecule has 0 N–H and O–H groups in total. The van der Waals surface area contributed by atoms with Crippen molar-refractivity contribution in [2.45, 2.75) is 6.92 Å². The Kier molecular flexibility index (Phi) is 3.98. The van der Waals surface area contributed by atoms with Crippen LogP contribution in [-0.2, 0) is 0 Å². The number of aromatic nitrogens is 4. The Morgan fingerprint density at radius 2 is 2.04 bits per heavy atom. The molecule has 5 rings (SSSR count). The average Bonchev–Trinajstić information content (AvgIpc) is 3.47. The quantitative estimate of drug-likeness (QED) is 0.520. The lowest BCUT2D eigenvalue weighted by atomic mass is 10.2. The van der Waals surface area contributed by atoms with Crippen LogP contribution in [0, 0.1) is 6.92 Å². The summed E-state index contributed by atoms with van der Waals surface area (Å²) < 4.78 is 12.8. The van der Waals surface area contributed by atoms with Crippen LogP contribution in [0.1, 0.15) is 5.82 Å².